The predicted molar refractivity (Wildman–Crippen MR) is 69.1 cm³/mol. The van der Waals surface area contributed by atoms with Crippen LogP contribution in [0.1, 0.15) is 44.7 Å². The molecule has 1 aromatic carbocycles. The van der Waals surface area contributed by atoms with E-state index in [-0.39, 0.29) is 17.6 Å². The van der Waals surface area contributed by atoms with Gasteiger partial charge >= 0.3 is 6.18 Å². The zero-order valence-electron chi connectivity index (χ0n) is 11.5. The van der Waals surface area contributed by atoms with Crippen molar-refractivity contribution in [1.82, 2.24) is 0 Å². The van der Waals surface area contributed by atoms with E-state index in [9.17, 15) is 18.0 Å². The van der Waals surface area contributed by atoms with Crippen LogP contribution < -0.4 is 0 Å². The van der Waals surface area contributed by atoms with Crippen molar-refractivity contribution in [2.75, 3.05) is 0 Å². The molecule has 0 aliphatic carbocycles. The average Bonchev–Trinajstić information content (AvgIpc) is 2.25. The quantitative estimate of drug-likeness (QED) is 0.792. The second-order valence-electron chi connectivity index (χ2n) is 5.78. The van der Waals surface area contributed by atoms with Gasteiger partial charge in [-0.05, 0) is 16.5 Å². The maximum Gasteiger partial charge on any atom is 0.389 e. The van der Waals surface area contributed by atoms with Crippen molar-refractivity contribution in [1.29, 1.82) is 0 Å². The third kappa shape index (κ3) is 5.90. The normalized spacial score (nSPS) is 12.5. The topological polar surface area (TPSA) is 17.1 Å². The van der Waals surface area contributed by atoms with Crippen molar-refractivity contribution in [3.8, 4) is 0 Å². The predicted octanol–water partition coefficient (Wildman–Crippen LogP) is 4.44. The minimum Gasteiger partial charge on any atom is -0.299 e. The Kier molecular flexibility index (Phi) is 4.77. The molecule has 0 saturated heterocycles. The Morgan fingerprint density at radius 1 is 1.05 bits per heavy atom. The Hall–Kier alpha value is -1.32. The first-order valence-corrected chi connectivity index (χ1v) is 6.26. The van der Waals surface area contributed by atoms with Crippen LogP contribution in [0.5, 0.6) is 0 Å². The van der Waals surface area contributed by atoms with Gasteiger partial charge in [-0.25, -0.2) is 0 Å². The summed E-state index contributed by atoms with van der Waals surface area (Å²) in [4.78, 5) is 11.4. The molecule has 0 fully saturated rings. The maximum atomic E-state index is 12.0. The van der Waals surface area contributed by atoms with Gasteiger partial charge in [-0.1, -0.05) is 45.0 Å². The fourth-order valence-corrected chi connectivity index (χ4v) is 1.72. The molecule has 0 unspecified atom stereocenters. The van der Waals surface area contributed by atoms with Crippen LogP contribution >= 0.6 is 0 Å². The molecule has 0 N–H and O–H groups in total. The molecule has 0 aliphatic rings. The summed E-state index contributed by atoms with van der Waals surface area (Å²) in [6, 6.07) is 7.47. The first-order chi connectivity index (χ1) is 8.58. The van der Waals surface area contributed by atoms with Gasteiger partial charge in [-0.2, -0.15) is 13.2 Å². The van der Waals surface area contributed by atoms with Crippen molar-refractivity contribution < 1.29 is 18.0 Å². The summed E-state index contributed by atoms with van der Waals surface area (Å²) in [7, 11) is 0. The van der Waals surface area contributed by atoms with E-state index in [0.717, 1.165) is 11.1 Å². The summed E-state index contributed by atoms with van der Waals surface area (Å²) in [5.74, 6) is -0.374. The minimum absolute atomic E-state index is 0.0266. The Balaban J connectivity index is 2.56. The van der Waals surface area contributed by atoms with Crippen LogP contribution in [0.4, 0.5) is 13.2 Å². The second-order valence-corrected chi connectivity index (χ2v) is 5.78. The molecule has 0 aliphatic heterocycles. The fraction of sp³-hybridized carbons (Fsp3) is 0.533. The molecule has 0 radical (unpaired) electrons. The van der Waals surface area contributed by atoms with E-state index >= 15 is 0 Å². The third-order valence-corrected chi connectivity index (χ3v) is 2.91. The second kappa shape index (κ2) is 5.76. The van der Waals surface area contributed by atoms with Crippen LogP contribution in [0.25, 0.3) is 0 Å². The smallest absolute Gasteiger partial charge is 0.299 e. The number of hydrogen-bond acceptors (Lipinski definition) is 1. The number of ketones is 1. The highest BCUT2D eigenvalue weighted by Crippen LogP contribution is 2.23. The van der Waals surface area contributed by atoms with Gasteiger partial charge in [0.05, 0.1) is 6.42 Å². The molecule has 1 rings (SSSR count). The van der Waals surface area contributed by atoms with E-state index < -0.39 is 19.0 Å². The molecule has 0 aromatic heterocycles. The highest BCUT2D eigenvalue weighted by atomic mass is 19.4. The van der Waals surface area contributed by atoms with Crippen LogP contribution in [-0.2, 0) is 16.6 Å². The van der Waals surface area contributed by atoms with Crippen LogP contribution in [-0.4, -0.2) is 12.0 Å². The van der Waals surface area contributed by atoms with Gasteiger partial charge in [0.15, 0.2) is 0 Å². The van der Waals surface area contributed by atoms with Gasteiger partial charge < -0.3 is 0 Å². The number of carbonyl (C=O) groups excluding carboxylic acids is 1. The van der Waals surface area contributed by atoms with E-state index in [1.165, 1.54) is 0 Å². The number of Topliss-reactive ketones (excluding diaryl/α,β-unsaturated/α-hetero) is 1. The molecule has 4 heteroatoms. The van der Waals surface area contributed by atoms with E-state index in [4.69, 9.17) is 0 Å². The van der Waals surface area contributed by atoms with Crippen LogP contribution in [0.3, 0.4) is 0 Å². The molecular formula is C15H19F3O. The summed E-state index contributed by atoms with van der Waals surface area (Å²) < 4.78 is 36.0. The van der Waals surface area contributed by atoms with Crippen LogP contribution in [0.2, 0.25) is 0 Å². The summed E-state index contributed by atoms with van der Waals surface area (Å²) in [5.41, 5.74) is 1.93. The number of alkyl halides is 3. The molecule has 0 bridgehead atoms. The molecule has 0 saturated carbocycles. The molecule has 1 nitrogen and oxygen atoms in total. The molecule has 0 heterocycles. The highest BCUT2D eigenvalue weighted by Gasteiger charge is 2.27. The van der Waals surface area contributed by atoms with E-state index in [1.54, 1.807) is 0 Å². The molecule has 0 atom stereocenters. The monoisotopic (exact) mass is 272 g/mol. The minimum atomic E-state index is -4.26. The highest BCUT2D eigenvalue weighted by molar-refractivity contribution is 5.80. The van der Waals surface area contributed by atoms with Gasteiger partial charge in [0, 0.05) is 12.8 Å². The number of benzene rings is 1. The van der Waals surface area contributed by atoms with Gasteiger partial charge in [0.2, 0.25) is 0 Å². The lowest BCUT2D eigenvalue weighted by atomic mass is 9.86. The maximum absolute atomic E-state index is 12.0. The number of halogens is 3. The Labute approximate surface area is 111 Å². The molecule has 1 aromatic rings. The van der Waals surface area contributed by atoms with Crippen molar-refractivity contribution in [2.45, 2.75) is 51.6 Å². The lowest BCUT2D eigenvalue weighted by Gasteiger charge is -2.19. The largest absolute Gasteiger partial charge is 0.389 e. The molecular weight excluding hydrogens is 253 g/mol. The molecule has 0 amide bonds. The van der Waals surface area contributed by atoms with Gasteiger partial charge in [0.25, 0.3) is 0 Å². The van der Waals surface area contributed by atoms with E-state index in [1.807, 2.05) is 24.3 Å². The number of rotatable bonds is 4. The Bertz CT molecular complexity index is 424. The number of carbonyl (C=O) groups is 1. The Morgan fingerprint density at radius 2 is 1.58 bits per heavy atom. The van der Waals surface area contributed by atoms with Gasteiger partial charge in [0.1, 0.15) is 5.78 Å². The van der Waals surface area contributed by atoms with Gasteiger partial charge in [-0.15, -0.1) is 0 Å². The average molecular weight is 272 g/mol. The SMILES string of the molecule is CC(C)(C)c1ccc(CC(=O)CCC(F)(F)F)cc1. The first kappa shape index (κ1) is 15.7. The summed E-state index contributed by atoms with van der Waals surface area (Å²) in [5, 5.41) is 0. The first-order valence-electron chi connectivity index (χ1n) is 6.26. The number of hydrogen-bond donors (Lipinski definition) is 0. The molecule has 106 valence electrons. The van der Waals surface area contributed by atoms with Crippen molar-refractivity contribution in [2.24, 2.45) is 0 Å². The van der Waals surface area contributed by atoms with Crippen LogP contribution in [0, 0.1) is 0 Å². The zero-order chi connectivity index (χ0) is 14.7. The van der Waals surface area contributed by atoms with E-state index in [2.05, 4.69) is 20.8 Å². The van der Waals surface area contributed by atoms with Crippen molar-refractivity contribution in [3.05, 3.63) is 35.4 Å². The summed E-state index contributed by atoms with van der Waals surface area (Å²) in [6.07, 6.45) is -5.66. The zero-order valence-corrected chi connectivity index (χ0v) is 11.5. The Morgan fingerprint density at radius 3 is 2.00 bits per heavy atom. The van der Waals surface area contributed by atoms with Gasteiger partial charge in [-0.3, -0.25) is 4.79 Å². The molecule has 19 heavy (non-hydrogen) atoms. The molecule has 0 spiro atoms. The van der Waals surface area contributed by atoms with Crippen molar-refractivity contribution in [3.63, 3.8) is 0 Å². The fourth-order valence-electron chi connectivity index (χ4n) is 1.72. The van der Waals surface area contributed by atoms with E-state index in [0.29, 0.717) is 0 Å². The lowest BCUT2D eigenvalue weighted by molar-refractivity contribution is -0.143. The third-order valence-electron chi connectivity index (χ3n) is 2.91. The lowest BCUT2D eigenvalue weighted by Crippen LogP contribution is -2.13. The summed E-state index contributed by atoms with van der Waals surface area (Å²) in [6.45, 7) is 6.24. The standard InChI is InChI=1S/C15H19F3O/c1-14(2,3)12-6-4-11(5-7-12)10-13(19)8-9-15(16,17)18/h4-7H,8-10H2,1-3H3. The van der Waals surface area contributed by atoms with Crippen molar-refractivity contribution >= 4 is 5.78 Å². The van der Waals surface area contributed by atoms with Crippen LogP contribution in [0.15, 0.2) is 24.3 Å². The summed E-state index contributed by atoms with van der Waals surface area (Å²) >= 11 is 0.